The Morgan fingerprint density at radius 1 is 1.09 bits per heavy atom. The standard InChI is InChI=1S/C25H23N5O3S/c31-22(19-6-1-2-11-27-19)23-21(20-7-4-14-33-20)28-25(34-23)29-24(32)18-8-12-30(13-9-18)16-17-5-3-10-26-15-17/h1-7,10-11,14-15,18H,8-9,12-13,16H2,(H,28,29,32). The fraction of sp³-hybridized carbons (Fsp3) is 0.240. The molecule has 4 aromatic rings. The number of carbonyl (C=O) groups is 2. The third-order valence-corrected chi connectivity index (χ3v) is 6.77. The molecule has 0 unspecified atom stereocenters. The molecular formula is C25H23N5O3S. The fourth-order valence-corrected chi connectivity index (χ4v) is 4.95. The van der Waals surface area contributed by atoms with Crippen molar-refractivity contribution >= 4 is 28.2 Å². The van der Waals surface area contributed by atoms with Crippen LogP contribution in [0.2, 0.25) is 0 Å². The summed E-state index contributed by atoms with van der Waals surface area (Å²) in [6.45, 7) is 2.51. The van der Waals surface area contributed by atoms with Crippen molar-refractivity contribution in [2.75, 3.05) is 18.4 Å². The van der Waals surface area contributed by atoms with Crippen LogP contribution in [0.15, 0.2) is 71.7 Å². The van der Waals surface area contributed by atoms with Gasteiger partial charge in [-0.2, -0.15) is 0 Å². The van der Waals surface area contributed by atoms with Crippen LogP contribution in [-0.2, 0) is 11.3 Å². The van der Waals surface area contributed by atoms with Crippen LogP contribution >= 0.6 is 11.3 Å². The van der Waals surface area contributed by atoms with Gasteiger partial charge in [0.05, 0.1) is 6.26 Å². The number of thiazole rings is 1. The van der Waals surface area contributed by atoms with Gasteiger partial charge in [-0.25, -0.2) is 4.98 Å². The van der Waals surface area contributed by atoms with E-state index in [0.29, 0.717) is 27.2 Å². The van der Waals surface area contributed by atoms with Crippen LogP contribution in [0.1, 0.15) is 33.8 Å². The molecule has 0 bridgehead atoms. The topological polar surface area (TPSA) is 101 Å². The summed E-state index contributed by atoms with van der Waals surface area (Å²) in [7, 11) is 0. The number of pyridine rings is 2. The minimum atomic E-state index is -0.256. The minimum absolute atomic E-state index is 0.0717. The second-order valence-corrected chi connectivity index (χ2v) is 9.12. The highest BCUT2D eigenvalue weighted by Gasteiger charge is 2.28. The molecule has 5 heterocycles. The Bertz CT molecular complexity index is 1250. The normalized spacial score (nSPS) is 14.7. The van der Waals surface area contributed by atoms with E-state index in [4.69, 9.17) is 4.42 Å². The van der Waals surface area contributed by atoms with Crippen LogP contribution in [0.5, 0.6) is 0 Å². The third-order valence-electron chi connectivity index (χ3n) is 5.80. The molecular weight excluding hydrogens is 450 g/mol. The molecule has 0 spiro atoms. The number of furan rings is 1. The molecule has 0 atom stereocenters. The van der Waals surface area contributed by atoms with Crippen LogP contribution in [0.25, 0.3) is 11.5 Å². The Hall–Kier alpha value is -3.69. The smallest absolute Gasteiger partial charge is 0.229 e. The molecule has 8 nitrogen and oxygen atoms in total. The maximum absolute atomic E-state index is 13.1. The zero-order valence-corrected chi connectivity index (χ0v) is 19.2. The Balaban J connectivity index is 1.27. The number of carbonyl (C=O) groups excluding carboxylic acids is 2. The average Bonchev–Trinajstić information content (AvgIpc) is 3.55. The van der Waals surface area contributed by atoms with Gasteiger partial charge in [-0.1, -0.05) is 23.5 Å². The number of nitrogens with one attached hydrogen (secondary N) is 1. The molecule has 0 aromatic carbocycles. The zero-order chi connectivity index (χ0) is 23.3. The molecule has 1 N–H and O–H groups in total. The van der Waals surface area contributed by atoms with Crippen LogP contribution < -0.4 is 5.32 Å². The highest BCUT2D eigenvalue weighted by molar-refractivity contribution is 7.18. The van der Waals surface area contributed by atoms with Gasteiger partial charge in [0.15, 0.2) is 10.9 Å². The van der Waals surface area contributed by atoms with Crippen molar-refractivity contribution in [3.05, 3.63) is 83.5 Å². The summed E-state index contributed by atoms with van der Waals surface area (Å²) in [4.78, 5) is 41.7. The minimum Gasteiger partial charge on any atom is -0.463 e. The van der Waals surface area contributed by atoms with E-state index in [1.54, 1.807) is 42.7 Å². The number of likely N-dealkylation sites (tertiary alicyclic amines) is 1. The highest BCUT2D eigenvalue weighted by Crippen LogP contribution is 2.33. The average molecular weight is 474 g/mol. The number of amides is 1. The number of hydrogen-bond acceptors (Lipinski definition) is 8. The molecule has 9 heteroatoms. The number of nitrogens with zero attached hydrogens (tertiary/aromatic N) is 4. The Kier molecular flexibility index (Phi) is 6.55. The molecule has 5 rings (SSSR count). The van der Waals surface area contributed by atoms with Gasteiger partial charge in [-0.05, 0) is 61.8 Å². The van der Waals surface area contributed by atoms with Gasteiger partial charge in [0.25, 0.3) is 0 Å². The Labute approximate surface area is 200 Å². The van der Waals surface area contributed by atoms with Gasteiger partial charge >= 0.3 is 0 Å². The van der Waals surface area contributed by atoms with Crippen LogP contribution in [0.3, 0.4) is 0 Å². The van der Waals surface area contributed by atoms with Crippen molar-refractivity contribution in [3.63, 3.8) is 0 Å². The highest BCUT2D eigenvalue weighted by atomic mass is 32.1. The lowest BCUT2D eigenvalue weighted by atomic mass is 9.96. The predicted octanol–water partition coefficient (Wildman–Crippen LogP) is 4.27. The summed E-state index contributed by atoms with van der Waals surface area (Å²) in [5, 5.41) is 3.31. The van der Waals surface area contributed by atoms with E-state index in [1.165, 1.54) is 11.8 Å². The quantitative estimate of drug-likeness (QED) is 0.400. The van der Waals surface area contributed by atoms with Gasteiger partial charge in [0.2, 0.25) is 11.7 Å². The van der Waals surface area contributed by atoms with Crippen molar-refractivity contribution in [1.29, 1.82) is 0 Å². The van der Waals surface area contributed by atoms with Gasteiger partial charge in [-0.3, -0.25) is 24.5 Å². The number of hydrogen-bond donors (Lipinski definition) is 1. The van der Waals surface area contributed by atoms with Crippen molar-refractivity contribution in [2.24, 2.45) is 5.92 Å². The van der Waals surface area contributed by atoms with Gasteiger partial charge < -0.3 is 9.73 Å². The van der Waals surface area contributed by atoms with Crippen LogP contribution in [0.4, 0.5) is 5.13 Å². The molecule has 1 aliphatic heterocycles. The first-order valence-corrected chi connectivity index (χ1v) is 11.9. The lowest BCUT2D eigenvalue weighted by molar-refractivity contribution is -0.121. The molecule has 1 saturated heterocycles. The molecule has 4 aromatic heterocycles. The first kappa shape index (κ1) is 22.1. The van der Waals surface area contributed by atoms with Crippen LogP contribution in [-0.4, -0.2) is 44.6 Å². The van der Waals surface area contributed by atoms with E-state index in [0.717, 1.165) is 43.8 Å². The maximum Gasteiger partial charge on any atom is 0.229 e. The van der Waals surface area contributed by atoms with E-state index in [2.05, 4.69) is 31.2 Å². The second kappa shape index (κ2) is 10.1. The van der Waals surface area contributed by atoms with E-state index in [1.807, 2.05) is 12.3 Å². The zero-order valence-electron chi connectivity index (χ0n) is 18.4. The van der Waals surface area contributed by atoms with Crippen molar-refractivity contribution in [1.82, 2.24) is 19.9 Å². The lowest BCUT2D eigenvalue weighted by Crippen LogP contribution is -2.37. The molecule has 1 fully saturated rings. The van der Waals surface area contributed by atoms with E-state index < -0.39 is 0 Å². The first-order valence-electron chi connectivity index (χ1n) is 11.1. The molecule has 1 aliphatic rings. The summed E-state index contributed by atoms with van der Waals surface area (Å²) in [6, 6.07) is 12.7. The molecule has 172 valence electrons. The SMILES string of the molecule is O=C(c1ccccn1)c1sc(NC(=O)C2CCN(Cc3cccnc3)CC2)nc1-c1ccco1. The Morgan fingerprint density at radius 3 is 2.68 bits per heavy atom. The van der Waals surface area contributed by atoms with Gasteiger partial charge in [0.1, 0.15) is 16.3 Å². The number of aromatic nitrogens is 3. The summed E-state index contributed by atoms with van der Waals surface area (Å²) >= 11 is 1.15. The lowest BCUT2D eigenvalue weighted by Gasteiger charge is -2.31. The first-order chi connectivity index (χ1) is 16.7. The monoisotopic (exact) mass is 473 g/mol. The number of ketones is 1. The molecule has 1 amide bonds. The number of anilines is 1. The van der Waals surface area contributed by atoms with Crippen molar-refractivity contribution in [2.45, 2.75) is 19.4 Å². The summed E-state index contributed by atoms with van der Waals surface area (Å²) in [6.07, 6.45) is 8.28. The van der Waals surface area contributed by atoms with Crippen LogP contribution in [0, 0.1) is 5.92 Å². The third kappa shape index (κ3) is 4.95. The largest absolute Gasteiger partial charge is 0.463 e. The molecule has 0 saturated carbocycles. The maximum atomic E-state index is 13.1. The summed E-state index contributed by atoms with van der Waals surface area (Å²) < 4.78 is 5.49. The van der Waals surface area contributed by atoms with E-state index in [-0.39, 0.29) is 17.6 Å². The fourth-order valence-electron chi connectivity index (χ4n) is 4.03. The summed E-state index contributed by atoms with van der Waals surface area (Å²) in [5.41, 5.74) is 1.90. The molecule has 0 aliphatic carbocycles. The predicted molar refractivity (Wildman–Crippen MR) is 128 cm³/mol. The van der Waals surface area contributed by atoms with Crippen molar-refractivity contribution in [3.8, 4) is 11.5 Å². The van der Waals surface area contributed by atoms with Crippen molar-refractivity contribution < 1.29 is 14.0 Å². The number of rotatable bonds is 7. The Morgan fingerprint density at radius 2 is 1.97 bits per heavy atom. The van der Waals surface area contributed by atoms with Gasteiger partial charge in [-0.15, -0.1) is 0 Å². The summed E-state index contributed by atoms with van der Waals surface area (Å²) in [5.74, 6) is 0.0436. The van der Waals surface area contributed by atoms with E-state index in [9.17, 15) is 9.59 Å². The second-order valence-electron chi connectivity index (χ2n) is 8.12. The molecule has 34 heavy (non-hydrogen) atoms. The van der Waals surface area contributed by atoms with Gasteiger partial charge in [0, 0.05) is 31.1 Å². The number of piperidine rings is 1. The van der Waals surface area contributed by atoms with E-state index >= 15 is 0 Å². The molecule has 0 radical (unpaired) electrons.